The summed E-state index contributed by atoms with van der Waals surface area (Å²) in [6.07, 6.45) is 4.48. The molecule has 0 aromatic heterocycles. The lowest BCUT2D eigenvalue weighted by Crippen LogP contribution is -2.07. The Morgan fingerprint density at radius 1 is 0.970 bits per heavy atom. The number of hydrogen-bond donors (Lipinski definition) is 0. The minimum absolute atomic E-state index is 0.106. The Balaban J connectivity index is 1.47. The molecule has 0 radical (unpaired) electrons. The normalized spacial score (nSPS) is 16.8. The second kappa shape index (κ2) is 9.59. The van der Waals surface area contributed by atoms with Crippen LogP contribution in [0.1, 0.15) is 69.1 Å². The molecule has 2 unspecified atom stereocenters. The van der Waals surface area contributed by atoms with E-state index in [0.717, 1.165) is 39.7 Å². The molecule has 0 heterocycles. The van der Waals surface area contributed by atoms with Crippen molar-refractivity contribution in [1.82, 2.24) is 0 Å². The maximum Gasteiger partial charge on any atom is 0.194 e. The third-order valence-electron chi connectivity index (χ3n) is 6.95. The van der Waals surface area contributed by atoms with Gasteiger partial charge >= 0.3 is 0 Å². The quantitative estimate of drug-likeness (QED) is 0.351. The van der Waals surface area contributed by atoms with Crippen molar-refractivity contribution in [2.75, 3.05) is 0 Å². The Morgan fingerprint density at radius 3 is 2.30 bits per heavy atom. The van der Waals surface area contributed by atoms with E-state index in [9.17, 15) is 10.1 Å². The number of benzene rings is 3. The number of carbonyl (C=O) groups excluding carboxylic acids is 1. The van der Waals surface area contributed by atoms with Crippen LogP contribution in [0, 0.1) is 37.0 Å². The van der Waals surface area contributed by atoms with Crippen molar-refractivity contribution in [1.29, 1.82) is 5.26 Å². The molecule has 2 atom stereocenters. The lowest BCUT2D eigenvalue weighted by atomic mass is 9.92. The maximum absolute atomic E-state index is 13.1. The number of aryl methyl sites for hydroxylation is 2. The molecule has 3 aromatic carbocycles. The van der Waals surface area contributed by atoms with Crippen LogP contribution in [0.25, 0.3) is 5.57 Å². The average molecular weight is 434 g/mol. The van der Waals surface area contributed by atoms with Crippen LogP contribution in [0.4, 0.5) is 0 Å². The molecule has 4 rings (SSSR count). The predicted molar refractivity (Wildman–Crippen MR) is 135 cm³/mol. The molecule has 1 aliphatic carbocycles. The van der Waals surface area contributed by atoms with Gasteiger partial charge in [0.15, 0.2) is 5.78 Å². The first-order valence-electron chi connectivity index (χ1n) is 11.8. The van der Waals surface area contributed by atoms with E-state index < -0.39 is 0 Å². The zero-order valence-corrected chi connectivity index (χ0v) is 19.8. The van der Waals surface area contributed by atoms with Crippen LogP contribution in [-0.4, -0.2) is 5.78 Å². The molecule has 1 saturated carbocycles. The molecule has 0 saturated heterocycles. The van der Waals surface area contributed by atoms with Crippen molar-refractivity contribution >= 4 is 11.4 Å². The van der Waals surface area contributed by atoms with Crippen LogP contribution in [-0.2, 0) is 12.8 Å². The van der Waals surface area contributed by atoms with Crippen LogP contribution in [0.2, 0.25) is 0 Å². The lowest BCUT2D eigenvalue weighted by molar-refractivity contribution is 0.103. The van der Waals surface area contributed by atoms with Crippen LogP contribution >= 0.6 is 0 Å². The fraction of sp³-hybridized carbons (Fsp3) is 0.290. The maximum atomic E-state index is 13.1. The number of hydrogen-bond acceptors (Lipinski definition) is 2. The van der Waals surface area contributed by atoms with Gasteiger partial charge in [0.2, 0.25) is 0 Å². The Labute approximate surface area is 197 Å². The van der Waals surface area contributed by atoms with E-state index in [0.29, 0.717) is 23.1 Å². The topological polar surface area (TPSA) is 40.9 Å². The number of rotatable bonds is 8. The van der Waals surface area contributed by atoms with E-state index in [1.807, 2.05) is 44.2 Å². The monoisotopic (exact) mass is 433 g/mol. The van der Waals surface area contributed by atoms with Gasteiger partial charge in [0.25, 0.3) is 0 Å². The van der Waals surface area contributed by atoms with E-state index in [2.05, 4.69) is 43.8 Å². The van der Waals surface area contributed by atoms with Gasteiger partial charge < -0.3 is 0 Å². The first-order valence-corrected chi connectivity index (χ1v) is 11.8. The van der Waals surface area contributed by atoms with Crippen molar-refractivity contribution in [3.8, 4) is 6.07 Å². The SMILES string of the molecule is C=C(Cc1ccc(C(=O)c2ccc(C)cc2C)c(C#N)c1)c1ccc(CC2CC2CC)cc1. The zero-order chi connectivity index (χ0) is 23.5. The van der Waals surface area contributed by atoms with Crippen molar-refractivity contribution in [2.24, 2.45) is 11.8 Å². The highest BCUT2D eigenvalue weighted by atomic mass is 16.1. The summed E-state index contributed by atoms with van der Waals surface area (Å²) in [6, 6.07) is 22.3. The summed E-state index contributed by atoms with van der Waals surface area (Å²) in [6.45, 7) is 10.5. The zero-order valence-electron chi connectivity index (χ0n) is 19.8. The van der Waals surface area contributed by atoms with E-state index in [1.54, 1.807) is 6.07 Å². The van der Waals surface area contributed by atoms with Gasteiger partial charge in [-0.3, -0.25) is 4.79 Å². The van der Waals surface area contributed by atoms with Crippen molar-refractivity contribution in [3.05, 3.63) is 112 Å². The molecular formula is C31H31NO. The van der Waals surface area contributed by atoms with Crippen LogP contribution in [0.15, 0.2) is 67.2 Å². The van der Waals surface area contributed by atoms with E-state index >= 15 is 0 Å². The summed E-state index contributed by atoms with van der Waals surface area (Å²) in [5.74, 6) is 1.67. The van der Waals surface area contributed by atoms with Crippen molar-refractivity contribution < 1.29 is 4.79 Å². The van der Waals surface area contributed by atoms with Crippen LogP contribution in [0.5, 0.6) is 0 Å². The fourth-order valence-corrected chi connectivity index (χ4v) is 4.79. The van der Waals surface area contributed by atoms with Gasteiger partial charge in [-0.15, -0.1) is 0 Å². The Bertz CT molecular complexity index is 1240. The second-order valence-corrected chi connectivity index (χ2v) is 9.48. The molecule has 0 bridgehead atoms. The van der Waals surface area contributed by atoms with Gasteiger partial charge in [-0.1, -0.05) is 74.0 Å². The largest absolute Gasteiger partial charge is 0.289 e. The number of carbonyl (C=O) groups is 1. The molecule has 2 heteroatoms. The molecule has 166 valence electrons. The first-order chi connectivity index (χ1) is 15.9. The van der Waals surface area contributed by atoms with Gasteiger partial charge in [-0.05, 0) is 84.9 Å². The van der Waals surface area contributed by atoms with Gasteiger partial charge in [-0.25, -0.2) is 0 Å². The number of allylic oxidation sites excluding steroid dienone is 1. The molecular weight excluding hydrogens is 402 g/mol. The Kier molecular flexibility index (Phi) is 6.61. The third kappa shape index (κ3) is 5.15. The highest BCUT2D eigenvalue weighted by molar-refractivity contribution is 6.11. The summed E-state index contributed by atoms with van der Waals surface area (Å²) in [5.41, 5.74) is 8.07. The molecule has 33 heavy (non-hydrogen) atoms. The predicted octanol–water partition coefficient (Wildman–Crippen LogP) is 7.25. The van der Waals surface area contributed by atoms with Gasteiger partial charge in [0.05, 0.1) is 11.6 Å². The highest BCUT2D eigenvalue weighted by Gasteiger charge is 2.34. The molecule has 0 amide bonds. The van der Waals surface area contributed by atoms with Gasteiger partial charge in [-0.2, -0.15) is 5.26 Å². The smallest absolute Gasteiger partial charge is 0.194 e. The number of ketones is 1. The van der Waals surface area contributed by atoms with E-state index in [4.69, 9.17) is 0 Å². The summed E-state index contributed by atoms with van der Waals surface area (Å²) in [5, 5.41) is 9.72. The molecule has 2 nitrogen and oxygen atoms in total. The Morgan fingerprint density at radius 2 is 1.67 bits per heavy atom. The minimum atomic E-state index is -0.106. The lowest BCUT2D eigenvalue weighted by Gasteiger charge is -2.11. The molecule has 1 fully saturated rings. The summed E-state index contributed by atoms with van der Waals surface area (Å²) >= 11 is 0. The van der Waals surface area contributed by atoms with E-state index in [-0.39, 0.29) is 5.78 Å². The van der Waals surface area contributed by atoms with Crippen molar-refractivity contribution in [2.45, 2.75) is 46.5 Å². The van der Waals surface area contributed by atoms with E-state index in [1.165, 1.54) is 24.8 Å². The highest BCUT2D eigenvalue weighted by Crippen LogP contribution is 2.43. The summed E-state index contributed by atoms with van der Waals surface area (Å²) in [7, 11) is 0. The molecule has 0 N–H and O–H groups in total. The molecule has 3 aromatic rings. The number of nitriles is 1. The summed E-state index contributed by atoms with van der Waals surface area (Å²) < 4.78 is 0. The standard InChI is InChI=1S/C31H31NO/c1-5-25-18-27(25)16-23-7-10-26(11-8-23)21(3)15-24-9-13-30(28(17-24)19-32)31(33)29-12-6-20(2)14-22(29)4/h6-14,17,25,27H,3,5,15-16,18H2,1-2,4H3. The van der Waals surface area contributed by atoms with Crippen molar-refractivity contribution in [3.63, 3.8) is 0 Å². The molecule has 0 aliphatic heterocycles. The fourth-order valence-electron chi connectivity index (χ4n) is 4.79. The second-order valence-electron chi connectivity index (χ2n) is 9.48. The minimum Gasteiger partial charge on any atom is -0.289 e. The first kappa shape index (κ1) is 22.7. The summed E-state index contributed by atoms with van der Waals surface area (Å²) in [4.78, 5) is 13.1. The third-order valence-corrected chi connectivity index (χ3v) is 6.95. The van der Waals surface area contributed by atoms with Gasteiger partial charge in [0.1, 0.15) is 0 Å². The van der Waals surface area contributed by atoms with Gasteiger partial charge in [0, 0.05) is 11.1 Å². The Hall–Kier alpha value is -3.44. The average Bonchev–Trinajstić information content (AvgIpc) is 3.57. The van der Waals surface area contributed by atoms with Crippen LogP contribution < -0.4 is 0 Å². The molecule has 0 spiro atoms. The van der Waals surface area contributed by atoms with Crippen LogP contribution in [0.3, 0.4) is 0 Å². The molecule has 1 aliphatic rings. The number of nitrogens with zero attached hydrogens (tertiary/aromatic N) is 1.